The molecule has 2 atom stereocenters. The molecule has 13 nitrogen and oxygen atoms in total. The third-order valence-electron chi connectivity index (χ3n) is 4.33. The van der Waals surface area contributed by atoms with Crippen molar-refractivity contribution < 1.29 is 38.0 Å². The molecule has 0 aliphatic carbocycles. The van der Waals surface area contributed by atoms with Gasteiger partial charge in [-0.25, -0.2) is 20.1 Å². The average molecular weight is 423 g/mol. The van der Waals surface area contributed by atoms with Crippen molar-refractivity contribution in [1.29, 1.82) is 0 Å². The molecule has 2 rings (SSSR count). The first kappa shape index (κ1) is 22.1. The summed E-state index contributed by atoms with van der Waals surface area (Å²) in [5, 5.41) is 19.3. The first-order valence-electron chi connectivity index (χ1n) is 8.59. The molecule has 28 heavy (non-hydrogen) atoms. The second kappa shape index (κ2) is 8.06. The maximum absolute atomic E-state index is 12.2. The zero-order valence-electron chi connectivity index (χ0n) is 15.8. The Balaban J connectivity index is 1.79. The Morgan fingerprint density at radius 3 is 2.54 bits per heavy atom. The molecule has 0 spiro atoms. The van der Waals surface area contributed by atoms with Crippen LogP contribution in [-0.4, -0.2) is 88.4 Å². The highest BCUT2D eigenvalue weighted by Gasteiger charge is 2.46. The molecule has 2 heterocycles. The van der Waals surface area contributed by atoms with Gasteiger partial charge in [-0.3, -0.25) is 14.8 Å². The number of hydrogen-bond donors (Lipinski definition) is 4. The van der Waals surface area contributed by atoms with Crippen molar-refractivity contribution in [2.45, 2.75) is 51.2 Å². The van der Waals surface area contributed by atoms with Crippen molar-refractivity contribution in [3.63, 3.8) is 0 Å². The SMILES string of the molecule is CC(C)(C)N(C(=O)O)S(=O)(=O)NCCONC(=O)[C@@H]1CC[C@@H]2CN1C(=O)N2O. The fraction of sp³-hybridized carbons (Fsp3) is 0.786. The van der Waals surface area contributed by atoms with E-state index in [-0.39, 0.29) is 30.0 Å². The highest BCUT2D eigenvalue weighted by Crippen LogP contribution is 2.28. The summed E-state index contributed by atoms with van der Waals surface area (Å²) >= 11 is 0. The highest BCUT2D eigenvalue weighted by molar-refractivity contribution is 7.87. The number of piperidine rings is 1. The van der Waals surface area contributed by atoms with E-state index >= 15 is 0 Å². The summed E-state index contributed by atoms with van der Waals surface area (Å²) in [6.45, 7) is 3.97. The van der Waals surface area contributed by atoms with Crippen LogP contribution in [0.4, 0.5) is 9.59 Å². The van der Waals surface area contributed by atoms with E-state index in [4.69, 9.17) is 9.94 Å². The van der Waals surface area contributed by atoms with Gasteiger partial charge in [0.2, 0.25) is 0 Å². The molecule has 4 N–H and O–H groups in total. The van der Waals surface area contributed by atoms with Crippen LogP contribution in [0.2, 0.25) is 0 Å². The van der Waals surface area contributed by atoms with Gasteiger partial charge in [-0.2, -0.15) is 17.4 Å². The monoisotopic (exact) mass is 423 g/mol. The first-order chi connectivity index (χ1) is 12.9. The van der Waals surface area contributed by atoms with E-state index < -0.39 is 39.8 Å². The fourth-order valence-electron chi connectivity index (χ4n) is 3.15. The van der Waals surface area contributed by atoms with Gasteiger partial charge in [0.25, 0.3) is 5.91 Å². The lowest BCUT2D eigenvalue weighted by Gasteiger charge is -2.31. The molecule has 2 saturated heterocycles. The standard InChI is InChI=1S/C14H25N5O8S/c1-14(2,3)19(13(22)23)28(25,26)15-6-7-27-16-11(20)10-5-4-9-8-17(10)12(21)18(9)24/h9-10,15,24H,4-8H2,1-3H3,(H,16,20)(H,22,23)/t9-,10+/m1/s1. The lowest BCUT2D eigenvalue weighted by atomic mass is 10.0. The highest BCUT2D eigenvalue weighted by atomic mass is 32.2. The minimum atomic E-state index is -4.32. The third-order valence-corrected chi connectivity index (χ3v) is 6.09. The third kappa shape index (κ3) is 4.63. The quantitative estimate of drug-likeness (QED) is 0.237. The summed E-state index contributed by atoms with van der Waals surface area (Å²) in [4.78, 5) is 41.4. The lowest BCUT2D eigenvalue weighted by molar-refractivity contribution is -0.138. The molecule has 0 aromatic heterocycles. The number of rotatable bonds is 7. The second-order valence-electron chi connectivity index (χ2n) is 7.46. The van der Waals surface area contributed by atoms with Gasteiger partial charge < -0.3 is 10.0 Å². The Bertz CT molecular complexity index is 737. The number of carbonyl (C=O) groups excluding carboxylic acids is 2. The fourth-order valence-corrected chi connectivity index (χ4v) is 4.55. The van der Waals surface area contributed by atoms with Crippen molar-refractivity contribution in [3.05, 3.63) is 0 Å². The van der Waals surface area contributed by atoms with Gasteiger partial charge in [0.15, 0.2) is 0 Å². The summed E-state index contributed by atoms with van der Waals surface area (Å²) in [5.41, 5.74) is 0.955. The van der Waals surface area contributed by atoms with Gasteiger partial charge in [0.1, 0.15) is 6.04 Å². The number of carbonyl (C=O) groups is 3. The van der Waals surface area contributed by atoms with Crippen LogP contribution in [0.1, 0.15) is 33.6 Å². The van der Waals surface area contributed by atoms with E-state index in [1.165, 1.54) is 25.7 Å². The molecule has 2 bridgehead atoms. The molecule has 2 fully saturated rings. The van der Waals surface area contributed by atoms with Crippen molar-refractivity contribution >= 4 is 28.2 Å². The minimum absolute atomic E-state index is 0.241. The van der Waals surface area contributed by atoms with Crippen LogP contribution in [0.3, 0.4) is 0 Å². The Hall–Kier alpha value is -2.16. The predicted molar refractivity (Wildman–Crippen MR) is 93.2 cm³/mol. The molecule has 0 aromatic rings. The minimum Gasteiger partial charge on any atom is -0.464 e. The van der Waals surface area contributed by atoms with E-state index in [9.17, 15) is 28.0 Å². The van der Waals surface area contributed by atoms with Gasteiger partial charge in [-0.15, -0.1) is 0 Å². The Kier molecular flexibility index (Phi) is 6.37. The maximum atomic E-state index is 12.2. The number of hydroxylamine groups is 3. The molecule has 160 valence electrons. The van der Waals surface area contributed by atoms with Crippen LogP contribution in [0.5, 0.6) is 0 Å². The van der Waals surface area contributed by atoms with Crippen molar-refractivity contribution in [3.8, 4) is 0 Å². The Morgan fingerprint density at radius 2 is 1.96 bits per heavy atom. The molecule has 0 radical (unpaired) electrons. The smallest absolute Gasteiger partial charge is 0.422 e. The number of nitrogens with one attached hydrogen (secondary N) is 2. The van der Waals surface area contributed by atoms with Gasteiger partial charge in [0, 0.05) is 13.1 Å². The summed E-state index contributed by atoms with van der Waals surface area (Å²) in [6.07, 6.45) is -0.805. The van der Waals surface area contributed by atoms with Gasteiger partial charge in [-0.05, 0) is 33.6 Å². The van der Waals surface area contributed by atoms with Crippen LogP contribution in [0.25, 0.3) is 0 Å². The maximum Gasteiger partial charge on any atom is 0.422 e. The van der Waals surface area contributed by atoms with E-state index in [1.54, 1.807) is 0 Å². The molecule has 0 saturated carbocycles. The molecular formula is C14H25N5O8S. The van der Waals surface area contributed by atoms with Crippen molar-refractivity contribution in [2.24, 2.45) is 0 Å². The molecule has 4 amide bonds. The summed E-state index contributed by atoms with van der Waals surface area (Å²) in [7, 11) is -4.32. The van der Waals surface area contributed by atoms with E-state index in [0.717, 1.165) is 0 Å². The van der Waals surface area contributed by atoms with Gasteiger partial charge in [0.05, 0.1) is 18.2 Å². The van der Waals surface area contributed by atoms with Crippen LogP contribution < -0.4 is 10.2 Å². The molecular weight excluding hydrogens is 398 g/mol. The van der Waals surface area contributed by atoms with Gasteiger partial charge in [-0.1, -0.05) is 0 Å². The number of urea groups is 1. The number of carboxylic acid groups (broad SMARTS) is 1. The van der Waals surface area contributed by atoms with Crippen molar-refractivity contribution in [1.82, 2.24) is 24.5 Å². The molecule has 2 aliphatic heterocycles. The number of hydrogen-bond acceptors (Lipinski definition) is 7. The normalized spacial score (nSPS) is 22.4. The lowest BCUT2D eigenvalue weighted by Crippen LogP contribution is -2.54. The van der Waals surface area contributed by atoms with Crippen LogP contribution in [0.15, 0.2) is 0 Å². The van der Waals surface area contributed by atoms with Crippen LogP contribution in [-0.2, 0) is 19.8 Å². The van der Waals surface area contributed by atoms with Gasteiger partial charge >= 0.3 is 22.3 Å². The Labute approximate surface area is 162 Å². The summed E-state index contributed by atoms with van der Waals surface area (Å²) in [6, 6.07) is -1.76. The zero-order valence-corrected chi connectivity index (χ0v) is 16.6. The molecule has 14 heteroatoms. The molecule has 2 aliphatic rings. The average Bonchev–Trinajstić information content (AvgIpc) is 2.76. The Morgan fingerprint density at radius 1 is 1.32 bits per heavy atom. The first-order valence-corrected chi connectivity index (χ1v) is 10.0. The summed E-state index contributed by atoms with van der Waals surface area (Å²) in [5.74, 6) is -0.591. The molecule has 0 unspecified atom stereocenters. The van der Waals surface area contributed by atoms with E-state index in [2.05, 4.69) is 10.2 Å². The largest absolute Gasteiger partial charge is 0.464 e. The zero-order chi connectivity index (χ0) is 21.3. The number of amides is 4. The van der Waals surface area contributed by atoms with Crippen LogP contribution in [0, 0.1) is 0 Å². The van der Waals surface area contributed by atoms with E-state index in [1.807, 2.05) is 0 Å². The molecule has 0 aromatic carbocycles. The predicted octanol–water partition coefficient (Wildman–Crippen LogP) is -0.695. The summed E-state index contributed by atoms with van der Waals surface area (Å²) < 4.78 is 26.6. The second-order valence-corrected chi connectivity index (χ2v) is 9.06. The number of fused-ring (bicyclic) bond motifs is 2. The number of nitrogens with zero attached hydrogens (tertiary/aromatic N) is 3. The van der Waals surface area contributed by atoms with E-state index in [0.29, 0.717) is 17.9 Å². The van der Waals surface area contributed by atoms with Crippen molar-refractivity contribution in [2.75, 3.05) is 19.7 Å². The van der Waals surface area contributed by atoms with Crippen LogP contribution >= 0.6 is 0 Å². The topological polar surface area (TPSA) is 169 Å².